The van der Waals surface area contributed by atoms with Crippen molar-refractivity contribution >= 4 is 6.29 Å². The molecule has 2 aromatic carbocycles. The Kier molecular flexibility index (Phi) is 4.18. The van der Waals surface area contributed by atoms with E-state index in [0.29, 0.717) is 12.2 Å². The van der Waals surface area contributed by atoms with Crippen molar-refractivity contribution in [3.05, 3.63) is 59.2 Å². The van der Waals surface area contributed by atoms with Crippen LogP contribution in [0.3, 0.4) is 0 Å². The third-order valence-corrected chi connectivity index (χ3v) is 2.93. The van der Waals surface area contributed by atoms with Gasteiger partial charge in [-0.2, -0.15) is 0 Å². The van der Waals surface area contributed by atoms with Crippen LogP contribution in [0.5, 0.6) is 11.5 Å². The van der Waals surface area contributed by atoms with Crippen molar-refractivity contribution in [3.8, 4) is 11.5 Å². The number of carbonyl (C=O) groups excluding carboxylic acids is 1. The van der Waals surface area contributed by atoms with Crippen LogP contribution in [0, 0.1) is 6.92 Å². The maximum Gasteiger partial charge on any atom is 0.150 e. The van der Waals surface area contributed by atoms with E-state index in [9.17, 15) is 4.79 Å². The Morgan fingerprint density at radius 1 is 1.05 bits per heavy atom. The lowest BCUT2D eigenvalue weighted by Crippen LogP contribution is -1.96. The van der Waals surface area contributed by atoms with E-state index in [1.165, 1.54) is 0 Å². The first kappa shape index (κ1) is 13.1. The molecule has 19 heavy (non-hydrogen) atoms. The topological polar surface area (TPSA) is 35.5 Å². The summed E-state index contributed by atoms with van der Waals surface area (Å²) >= 11 is 0. The van der Waals surface area contributed by atoms with Gasteiger partial charge in [-0.1, -0.05) is 12.1 Å². The molecule has 0 radical (unpaired) electrons. The van der Waals surface area contributed by atoms with E-state index in [2.05, 4.69) is 0 Å². The first-order valence-corrected chi connectivity index (χ1v) is 6.04. The SMILES string of the molecule is COc1ccc(COc2ccc(C=O)c(C)c2)cc1. The summed E-state index contributed by atoms with van der Waals surface area (Å²) in [7, 11) is 1.64. The third-order valence-electron chi connectivity index (χ3n) is 2.93. The highest BCUT2D eigenvalue weighted by Crippen LogP contribution is 2.18. The summed E-state index contributed by atoms with van der Waals surface area (Å²) in [6, 6.07) is 13.2. The number of aryl methyl sites for hydroxylation is 1. The van der Waals surface area contributed by atoms with E-state index in [1.54, 1.807) is 19.2 Å². The highest BCUT2D eigenvalue weighted by Gasteiger charge is 2.01. The molecule has 0 aliphatic carbocycles. The van der Waals surface area contributed by atoms with E-state index in [4.69, 9.17) is 9.47 Å². The van der Waals surface area contributed by atoms with Gasteiger partial charge in [0.1, 0.15) is 24.4 Å². The van der Waals surface area contributed by atoms with Gasteiger partial charge in [-0.05, 0) is 48.4 Å². The molecule has 2 rings (SSSR count). The van der Waals surface area contributed by atoms with Crippen molar-refractivity contribution in [2.24, 2.45) is 0 Å². The summed E-state index contributed by atoms with van der Waals surface area (Å²) in [5, 5.41) is 0. The van der Waals surface area contributed by atoms with E-state index in [1.807, 2.05) is 37.3 Å². The molecule has 0 saturated heterocycles. The van der Waals surface area contributed by atoms with Gasteiger partial charge in [0.2, 0.25) is 0 Å². The van der Waals surface area contributed by atoms with Gasteiger partial charge in [0, 0.05) is 5.56 Å². The fourth-order valence-electron chi connectivity index (χ4n) is 1.76. The van der Waals surface area contributed by atoms with Crippen LogP contribution in [0.4, 0.5) is 0 Å². The van der Waals surface area contributed by atoms with Gasteiger partial charge in [-0.15, -0.1) is 0 Å². The molecule has 0 spiro atoms. The molecular formula is C16H16O3. The number of hydrogen-bond acceptors (Lipinski definition) is 3. The van der Waals surface area contributed by atoms with E-state index in [-0.39, 0.29) is 0 Å². The third kappa shape index (κ3) is 3.35. The Labute approximate surface area is 112 Å². The number of methoxy groups -OCH3 is 1. The fraction of sp³-hybridized carbons (Fsp3) is 0.188. The Hall–Kier alpha value is -2.29. The molecule has 0 aromatic heterocycles. The van der Waals surface area contributed by atoms with Crippen molar-refractivity contribution in [2.45, 2.75) is 13.5 Å². The zero-order valence-corrected chi connectivity index (χ0v) is 11.1. The van der Waals surface area contributed by atoms with Gasteiger partial charge in [-0.25, -0.2) is 0 Å². The van der Waals surface area contributed by atoms with Crippen LogP contribution in [0.25, 0.3) is 0 Å². The standard InChI is InChI=1S/C16H16O3/c1-12-9-16(8-5-14(12)10-17)19-11-13-3-6-15(18-2)7-4-13/h3-10H,11H2,1-2H3. The Bertz CT molecular complexity index is 559. The molecule has 0 aliphatic heterocycles. The number of ether oxygens (including phenoxy) is 2. The van der Waals surface area contributed by atoms with Crippen LogP contribution in [-0.2, 0) is 6.61 Å². The molecule has 0 saturated carbocycles. The molecular weight excluding hydrogens is 240 g/mol. The average molecular weight is 256 g/mol. The van der Waals surface area contributed by atoms with Crippen LogP contribution in [0.2, 0.25) is 0 Å². The lowest BCUT2D eigenvalue weighted by atomic mass is 10.1. The lowest BCUT2D eigenvalue weighted by Gasteiger charge is -2.08. The molecule has 0 atom stereocenters. The Morgan fingerprint density at radius 2 is 1.74 bits per heavy atom. The molecule has 0 N–H and O–H groups in total. The maximum absolute atomic E-state index is 10.7. The van der Waals surface area contributed by atoms with Gasteiger partial charge >= 0.3 is 0 Å². The normalized spacial score (nSPS) is 10.0. The quantitative estimate of drug-likeness (QED) is 0.769. The highest BCUT2D eigenvalue weighted by atomic mass is 16.5. The highest BCUT2D eigenvalue weighted by molar-refractivity contribution is 5.77. The number of carbonyl (C=O) groups is 1. The van der Waals surface area contributed by atoms with Gasteiger partial charge in [0.05, 0.1) is 7.11 Å². The monoisotopic (exact) mass is 256 g/mol. The summed E-state index contributed by atoms with van der Waals surface area (Å²) in [5.41, 5.74) is 2.68. The minimum atomic E-state index is 0.490. The molecule has 0 fully saturated rings. The van der Waals surface area contributed by atoms with Crippen LogP contribution in [0.15, 0.2) is 42.5 Å². The van der Waals surface area contributed by atoms with Gasteiger partial charge < -0.3 is 9.47 Å². The first-order valence-electron chi connectivity index (χ1n) is 6.04. The fourth-order valence-corrected chi connectivity index (χ4v) is 1.76. The smallest absolute Gasteiger partial charge is 0.150 e. The molecule has 0 bridgehead atoms. The van der Waals surface area contributed by atoms with Crippen LogP contribution in [0.1, 0.15) is 21.5 Å². The predicted molar refractivity (Wildman–Crippen MR) is 73.9 cm³/mol. The minimum Gasteiger partial charge on any atom is -0.497 e. The molecule has 2 aromatic rings. The largest absolute Gasteiger partial charge is 0.497 e. The first-order chi connectivity index (χ1) is 9.22. The number of hydrogen-bond donors (Lipinski definition) is 0. The van der Waals surface area contributed by atoms with Crippen LogP contribution in [-0.4, -0.2) is 13.4 Å². The van der Waals surface area contributed by atoms with Crippen molar-refractivity contribution in [1.29, 1.82) is 0 Å². The Balaban J connectivity index is 2.01. The molecule has 3 nitrogen and oxygen atoms in total. The summed E-state index contributed by atoms with van der Waals surface area (Å²) in [6.45, 7) is 2.38. The van der Waals surface area contributed by atoms with Gasteiger partial charge in [0.15, 0.2) is 0 Å². The lowest BCUT2D eigenvalue weighted by molar-refractivity contribution is 0.112. The summed E-state index contributed by atoms with van der Waals surface area (Å²) < 4.78 is 10.8. The minimum absolute atomic E-state index is 0.490. The van der Waals surface area contributed by atoms with Crippen molar-refractivity contribution in [2.75, 3.05) is 7.11 Å². The second-order valence-electron chi connectivity index (χ2n) is 4.27. The zero-order valence-electron chi connectivity index (χ0n) is 11.1. The second kappa shape index (κ2) is 6.05. The van der Waals surface area contributed by atoms with Crippen LogP contribution >= 0.6 is 0 Å². The zero-order chi connectivity index (χ0) is 13.7. The average Bonchev–Trinajstić information content (AvgIpc) is 2.46. The Morgan fingerprint density at radius 3 is 2.32 bits per heavy atom. The van der Waals surface area contributed by atoms with Crippen LogP contribution < -0.4 is 9.47 Å². The van der Waals surface area contributed by atoms with Crippen molar-refractivity contribution in [1.82, 2.24) is 0 Å². The predicted octanol–water partition coefficient (Wildman–Crippen LogP) is 3.40. The molecule has 0 amide bonds. The van der Waals surface area contributed by atoms with Gasteiger partial charge in [0.25, 0.3) is 0 Å². The maximum atomic E-state index is 10.7. The summed E-state index contributed by atoms with van der Waals surface area (Å²) in [6.07, 6.45) is 0.850. The van der Waals surface area contributed by atoms with Crippen molar-refractivity contribution in [3.63, 3.8) is 0 Å². The number of aldehydes is 1. The van der Waals surface area contributed by atoms with Gasteiger partial charge in [-0.3, -0.25) is 4.79 Å². The molecule has 98 valence electrons. The number of benzene rings is 2. The molecule has 0 heterocycles. The van der Waals surface area contributed by atoms with E-state index in [0.717, 1.165) is 28.9 Å². The second-order valence-corrected chi connectivity index (χ2v) is 4.27. The van der Waals surface area contributed by atoms with E-state index < -0.39 is 0 Å². The molecule has 3 heteroatoms. The molecule has 0 aliphatic rings. The molecule has 0 unspecified atom stereocenters. The number of rotatable bonds is 5. The summed E-state index contributed by atoms with van der Waals surface area (Å²) in [4.78, 5) is 10.7. The van der Waals surface area contributed by atoms with E-state index >= 15 is 0 Å². The van der Waals surface area contributed by atoms with Crippen molar-refractivity contribution < 1.29 is 14.3 Å². The summed E-state index contributed by atoms with van der Waals surface area (Å²) in [5.74, 6) is 1.59.